The monoisotopic (exact) mass is 707 g/mol. The number of carboxylic acids is 1. The number of benzene rings is 2. The summed E-state index contributed by atoms with van der Waals surface area (Å²) < 4.78 is 44.3. The fourth-order valence-electron chi connectivity index (χ4n) is 8.35. The van der Waals surface area contributed by atoms with Gasteiger partial charge in [0, 0.05) is 18.3 Å². The standard InChI is InChI=1S/C41H52F3N3O4/c1-23(2)15-36(47-22-33(34(20-37(47)48)41(42,43)44)28-11-13-46(14-12-28)24(3)4)40(51)45-35(21-38(49)50)30-18-29-9-8-10-31(29)32(19-30)39-26(6)16-25(5)17-27(39)7/h16-20,22-24,28,35-36H,8-15,21H2,1-7H3,(H,45,51)(H,49,50)/t35-,36-/m0/s1. The van der Waals surface area contributed by atoms with E-state index in [0.717, 1.165) is 57.2 Å². The Hall–Kier alpha value is -3.92. The van der Waals surface area contributed by atoms with E-state index in [1.54, 1.807) is 0 Å². The largest absolute Gasteiger partial charge is 0.481 e. The molecule has 10 heteroatoms. The molecular formula is C41H52F3N3O4. The van der Waals surface area contributed by atoms with E-state index >= 15 is 0 Å². The summed E-state index contributed by atoms with van der Waals surface area (Å²) in [6, 6.07) is 7.09. The van der Waals surface area contributed by atoms with E-state index in [2.05, 4.69) is 57.0 Å². The number of aromatic nitrogens is 1. The maximum Gasteiger partial charge on any atom is 0.416 e. The lowest BCUT2D eigenvalue weighted by Gasteiger charge is -2.36. The van der Waals surface area contributed by atoms with Crippen molar-refractivity contribution in [2.75, 3.05) is 13.1 Å². The summed E-state index contributed by atoms with van der Waals surface area (Å²) in [6.07, 6.45) is 0.0245. The van der Waals surface area contributed by atoms with Crippen LogP contribution in [0, 0.1) is 26.7 Å². The van der Waals surface area contributed by atoms with Crippen LogP contribution < -0.4 is 10.9 Å². The normalized spacial score (nSPS) is 16.8. The molecule has 1 fully saturated rings. The number of aryl methyl sites for hydroxylation is 4. The summed E-state index contributed by atoms with van der Waals surface area (Å²) in [4.78, 5) is 42.3. The van der Waals surface area contributed by atoms with Gasteiger partial charge in [-0.05, 0) is 149 Å². The number of nitrogens with one attached hydrogen (secondary N) is 1. The molecule has 2 aliphatic rings. The van der Waals surface area contributed by atoms with Gasteiger partial charge in [-0.25, -0.2) is 0 Å². The van der Waals surface area contributed by atoms with Crippen LogP contribution in [0.25, 0.3) is 11.1 Å². The van der Waals surface area contributed by atoms with Crippen LogP contribution in [0.15, 0.2) is 41.3 Å². The number of amides is 1. The number of nitrogens with zero attached hydrogens (tertiary/aromatic N) is 2. The first-order valence-corrected chi connectivity index (χ1v) is 18.3. The van der Waals surface area contributed by atoms with Crippen LogP contribution in [0.5, 0.6) is 0 Å². The third kappa shape index (κ3) is 8.59. The van der Waals surface area contributed by atoms with E-state index in [4.69, 9.17) is 0 Å². The number of aliphatic carboxylic acids is 1. The van der Waals surface area contributed by atoms with Gasteiger partial charge in [-0.15, -0.1) is 0 Å². The number of piperidine rings is 1. The van der Waals surface area contributed by atoms with Gasteiger partial charge in [0.15, 0.2) is 0 Å². The van der Waals surface area contributed by atoms with Crippen molar-refractivity contribution in [3.63, 3.8) is 0 Å². The molecule has 0 spiro atoms. The van der Waals surface area contributed by atoms with Crippen LogP contribution in [-0.2, 0) is 28.6 Å². The second kappa shape index (κ2) is 15.4. The van der Waals surface area contributed by atoms with Gasteiger partial charge in [0.25, 0.3) is 5.56 Å². The minimum absolute atomic E-state index is 0.0289. The molecule has 51 heavy (non-hydrogen) atoms. The lowest BCUT2D eigenvalue weighted by Crippen LogP contribution is -2.41. The zero-order chi connectivity index (χ0) is 37.4. The third-order valence-electron chi connectivity index (χ3n) is 10.7. The number of pyridine rings is 1. The Morgan fingerprint density at radius 2 is 1.61 bits per heavy atom. The van der Waals surface area contributed by atoms with E-state index in [1.165, 1.54) is 11.8 Å². The Morgan fingerprint density at radius 3 is 2.18 bits per heavy atom. The number of rotatable bonds is 11. The zero-order valence-corrected chi connectivity index (χ0v) is 30.9. The van der Waals surface area contributed by atoms with Gasteiger partial charge in [-0.1, -0.05) is 37.6 Å². The van der Waals surface area contributed by atoms with Crippen molar-refractivity contribution in [2.24, 2.45) is 5.92 Å². The summed E-state index contributed by atoms with van der Waals surface area (Å²) in [5.41, 5.74) is 6.68. The van der Waals surface area contributed by atoms with Gasteiger partial charge in [-0.2, -0.15) is 13.2 Å². The topological polar surface area (TPSA) is 91.6 Å². The van der Waals surface area contributed by atoms with Gasteiger partial charge < -0.3 is 19.9 Å². The highest BCUT2D eigenvalue weighted by Crippen LogP contribution is 2.41. The number of halogens is 3. The molecule has 2 aromatic carbocycles. The molecule has 1 amide bonds. The van der Waals surface area contributed by atoms with E-state index in [-0.39, 0.29) is 23.9 Å². The molecular weight excluding hydrogens is 655 g/mol. The molecule has 2 heterocycles. The highest BCUT2D eigenvalue weighted by atomic mass is 19.4. The lowest BCUT2D eigenvalue weighted by atomic mass is 9.86. The van der Waals surface area contributed by atoms with E-state index in [0.29, 0.717) is 37.6 Å². The molecule has 3 aromatic rings. The molecule has 5 rings (SSSR count). The van der Waals surface area contributed by atoms with E-state index in [1.807, 2.05) is 26.0 Å². The Kier molecular flexibility index (Phi) is 11.5. The molecule has 1 aromatic heterocycles. The summed E-state index contributed by atoms with van der Waals surface area (Å²) in [6.45, 7) is 15.3. The predicted molar refractivity (Wildman–Crippen MR) is 194 cm³/mol. The zero-order valence-electron chi connectivity index (χ0n) is 30.9. The number of carbonyl (C=O) groups excluding carboxylic acids is 1. The van der Waals surface area contributed by atoms with Crippen LogP contribution in [0.1, 0.15) is 122 Å². The van der Waals surface area contributed by atoms with Gasteiger partial charge in [0.05, 0.1) is 18.0 Å². The van der Waals surface area contributed by atoms with Crippen molar-refractivity contribution >= 4 is 11.9 Å². The first-order chi connectivity index (χ1) is 23.9. The summed E-state index contributed by atoms with van der Waals surface area (Å²) in [7, 11) is 0. The Labute approximate surface area is 299 Å². The molecule has 7 nitrogen and oxygen atoms in total. The molecule has 0 bridgehead atoms. The minimum Gasteiger partial charge on any atom is -0.481 e. The lowest BCUT2D eigenvalue weighted by molar-refractivity contribution is -0.139. The maximum absolute atomic E-state index is 14.4. The number of carboxylic acid groups (broad SMARTS) is 1. The first-order valence-electron chi connectivity index (χ1n) is 18.3. The maximum atomic E-state index is 14.4. The second-order valence-corrected chi connectivity index (χ2v) is 15.4. The smallest absolute Gasteiger partial charge is 0.416 e. The fraction of sp³-hybridized carbons (Fsp3) is 0.537. The Bertz CT molecular complexity index is 1810. The summed E-state index contributed by atoms with van der Waals surface area (Å²) >= 11 is 0. The Morgan fingerprint density at radius 1 is 0.961 bits per heavy atom. The molecule has 1 saturated heterocycles. The molecule has 0 unspecified atom stereocenters. The number of fused-ring (bicyclic) bond motifs is 1. The van der Waals surface area contributed by atoms with Crippen molar-refractivity contribution in [1.29, 1.82) is 0 Å². The van der Waals surface area contributed by atoms with Crippen molar-refractivity contribution in [3.05, 3.63) is 91.4 Å². The molecule has 276 valence electrons. The number of alkyl halides is 3. The van der Waals surface area contributed by atoms with Crippen LogP contribution >= 0.6 is 0 Å². The van der Waals surface area contributed by atoms with E-state index in [9.17, 15) is 32.7 Å². The number of hydrogen-bond acceptors (Lipinski definition) is 4. The van der Waals surface area contributed by atoms with Crippen LogP contribution in [0.2, 0.25) is 0 Å². The molecule has 1 aliphatic heterocycles. The molecule has 0 saturated carbocycles. The highest BCUT2D eigenvalue weighted by Gasteiger charge is 2.39. The molecule has 2 atom stereocenters. The van der Waals surface area contributed by atoms with Crippen molar-refractivity contribution in [1.82, 2.24) is 14.8 Å². The summed E-state index contributed by atoms with van der Waals surface area (Å²) in [5.74, 6) is -2.22. The minimum atomic E-state index is -4.73. The third-order valence-corrected chi connectivity index (χ3v) is 10.7. The first kappa shape index (κ1) is 38.3. The van der Waals surface area contributed by atoms with Crippen LogP contribution in [0.3, 0.4) is 0 Å². The molecule has 1 aliphatic carbocycles. The fourth-order valence-corrected chi connectivity index (χ4v) is 8.35. The number of likely N-dealkylation sites (tertiary alicyclic amines) is 1. The average Bonchev–Trinajstić information content (AvgIpc) is 3.51. The highest BCUT2D eigenvalue weighted by molar-refractivity contribution is 5.82. The van der Waals surface area contributed by atoms with Crippen molar-refractivity contribution in [2.45, 2.75) is 124 Å². The average molecular weight is 708 g/mol. The number of hydrogen-bond donors (Lipinski definition) is 2. The van der Waals surface area contributed by atoms with Gasteiger partial charge in [0.2, 0.25) is 5.91 Å². The predicted octanol–water partition coefficient (Wildman–Crippen LogP) is 8.46. The van der Waals surface area contributed by atoms with Gasteiger partial charge in [0.1, 0.15) is 6.04 Å². The Balaban J connectivity index is 1.56. The van der Waals surface area contributed by atoms with Gasteiger partial charge >= 0.3 is 12.1 Å². The van der Waals surface area contributed by atoms with Crippen LogP contribution in [0.4, 0.5) is 13.2 Å². The SMILES string of the molecule is Cc1cc(C)c(-c2cc([C@H](CC(=O)O)NC(=O)[C@H](CC(C)C)n3cc(C4CCN(C(C)C)CC4)c(C(F)(F)F)cc3=O)cc3c2CCC3)c(C)c1. The van der Waals surface area contributed by atoms with Gasteiger partial charge in [-0.3, -0.25) is 14.4 Å². The second-order valence-electron chi connectivity index (χ2n) is 15.4. The van der Waals surface area contributed by atoms with Crippen molar-refractivity contribution < 1.29 is 27.9 Å². The van der Waals surface area contributed by atoms with E-state index < -0.39 is 53.6 Å². The quantitative estimate of drug-likeness (QED) is 0.209. The molecule has 0 radical (unpaired) electrons. The van der Waals surface area contributed by atoms with Crippen LogP contribution in [-0.4, -0.2) is 45.6 Å². The molecule has 2 N–H and O–H groups in total. The van der Waals surface area contributed by atoms with Crippen molar-refractivity contribution in [3.8, 4) is 11.1 Å². The number of carbonyl (C=O) groups is 2. The summed E-state index contributed by atoms with van der Waals surface area (Å²) in [5, 5.41) is 13.0.